The third-order valence-electron chi connectivity index (χ3n) is 3.92. The Morgan fingerprint density at radius 3 is 3.14 bits per heavy atom. The second-order valence-electron chi connectivity index (χ2n) is 5.39. The molecular weight excluding hydrogens is 290 g/mol. The summed E-state index contributed by atoms with van der Waals surface area (Å²) in [6, 6.07) is 3.57. The molecule has 1 saturated heterocycles. The molecule has 0 radical (unpaired) electrons. The second kappa shape index (κ2) is 6.03. The van der Waals surface area contributed by atoms with E-state index in [0.29, 0.717) is 16.6 Å². The van der Waals surface area contributed by atoms with Crippen LogP contribution in [0.4, 0.5) is 0 Å². The predicted octanol–water partition coefficient (Wildman–Crippen LogP) is 2.32. The number of carbonyl (C=O) groups excluding carboxylic acids is 1. The van der Waals surface area contributed by atoms with Gasteiger partial charge in [0.05, 0.1) is 17.6 Å². The molecule has 2 aromatic rings. The zero-order valence-electron chi connectivity index (χ0n) is 11.9. The maximum Gasteiger partial charge on any atom is 0.358 e. The van der Waals surface area contributed by atoms with Gasteiger partial charge in [-0.2, -0.15) is 0 Å². The summed E-state index contributed by atoms with van der Waals surface area (Å²) in [5.41, 5.74) is 1.10. The molecule has 21 heavy (non-hydrogen) atoms. The number of methoxy groups -OCH3 is 1. The first kappa shape index (κ1) is 14.4. The van der Waals surface area contributed by atoms with E-state index < -0.39 is 5.97 Å². The molecule has 3 heterocycles. The molecule has 1 fully saturated rings. The van der Waals surface area contributed by atoms with Crippen LogP contribution in [0.15, 0.2) is 18.3 Å². The van der Waals surface area contributed by atoms with Crippen LogP contribution in [0.2, 0.25) is 5.02 Å². The number of hydrogen-bond acceptors (Lipinski definition) is 4. The van der Waals surface area contributed by atoms with Gasteiger partial charge in [-0.05, 0) is 44.0 Å². The molecule has 2 aromatic heterocycles. The molecule has 0 amide bonds. The van der Waals surface area contributed by atoms with Crippen molar-refractivity contribution in [3.63, 3.8) is 0 Å². The lowest BCUT2D eigenvalue weighted by molar-refractivity contribution is 0.0596. The van der Waals surface area contributed by atoms with Gasteiger partial charge in [-0.15, -0.1) is 0 Å². The zero-order valence-corrected chi connectivity index (χ0v) is 12.7. The van der Waals surface area contributed by atoms with Gasteiger partial charge in [0.1, 0.15) is 5.82 Å². The number of nitrogens with zero attached hydrogens (tertiary/aromatic N) is 2. The number of carbonyl (C=O) groups is 1. The minimum atomic E-state index is -0.414. The molecule has 1 N–H and O–H groups in total. The van der Waals surface area contributed by atoms with Crippen LogP contribution in [0.1, 0.15) is 29.2 Å². The number of imidazole rings is 1. The summed E-state index contributed by atoms with van der Waals surface area (Å²) in [5, 5.41) is 4.02. The first-order chi connectivity index (χ1) is 10.2. The SMILES string of the molecule is COC(=O)c1nc(CC2CCCNC2)n2cc(Cl)ccc12. The van der Waals surface area contributed by atoms with E-state index in [1.807, 2.05) is 16.7 Å². The van der Waals surface area contributed by atoms with E-state index in [-0.39, 0.29) is 0 Å². The fourth-order valence-electron chi connectivity index (χ4n) is 2.87. The van der Waals surface area contributed by atoms with Gasteiger partial charge >= 0.3 is 5.97 Å². The Bertz CT molecular complexity index is 662. The van der Waals surface area contributed by atoms with Crippen LogP contribution >= 0.6 is 11.6 Å². The van der Waals surface area contributed by atoms with Crippen molar-refractivity contribution in [1.29, 1.82) is 0 Å². The lowest BCUT2D eigenvalue weighted by Crippen LogP contribution is -2.31. The van der Waals surface area contributed by atoms with Gasteiger partial charge < -0.3 is 14.5 Å². The molecule has 0 bridgehead atoms. The van der Waals surface area contributed by atoms with Crippen molar-refractivity contribution in [2.75, 3.05) is 20.2 Å². The van der Waals surface area contributed by atoms with Crippen LogP contribution in [0.3, 0.4) is 0 Å². The number of rotatable bonds is 3. The molecular formula is C15H18ClN3O2. The van der Waals surface area contributed by atoms with E-state index in [0.717, 1.165) is 30.9 Å². The third kappa shape index (κ3) is 2.89. The molecule has 1 aliphatic rings. The summed E-state index contributed by atoms with van der Waals surface area (Å²) in [4.78, 5) is 16.4. The van der Waals surface area contributed by atoms with Crippen LogP contribution in [0.25, 0.3) is 5.52 Å². The van der Waals surface area contributed by atoms with Crippen LogP contribution in [-0.4, -0.2) is 35.6 Å². The zero-order chi connectivity index (χ0) is 14.8. The number of ether oxygens (including phenoxy) is 1. The Kier molecular flexibility index (Phi) is 4.12. The molecule has 3 rings (SSSR count). The maximum atomic E-state index is 11.9. The first-order valence-electron chi connectivity index (χ1n) is 7.14. The molecule has 0 aliphatic carbocycles. The van der Waals surface area contributed by atoms with Crippen molar-refractivity contribution in [3.05, 3.63) is 34.9 Å². The number of piperidine rings is 1. The number of halogens is 1. The molecule has 0 saturated carbocycles. The number of nitrogens with one attached hydrogen (secondary N) is 1. The normalized spacial score (nSPS) is 18.9. The summed E-state index contributed by atoms with van der Waals surface area (Å²) < 4.78 is 6.72. The molecule has 0 spiro atoms. The number of pyridine rings is 1. The van der Waals surface area contributed by atoms with E-state index >= 15 is 0 Å². The van der Waals surface area contributed by atoms with Crippen LogP contribution in [-0.2, 0) is 11.2 Å². The Morgan fingerprint density at radius 2 is 2.43 bits per heavy atom. The molecule has 6 heteroatoms. The van der Waals surface area contributed by atoms with Crippen molar-refractivity contribution >= 4 is 23.1 Å². The largest absolute Gasteiger partial charge is 0.464 e. The summed E-state index contributed by atoms with van der Waals surface area (Å²) in [6.07, 6.45) is 4.99. The lowest BCUT2D eigenvalue weighted by atomic mass is 9.96. The van der Waals surface area contributed by atoms with Gasteiger partial charge in [-0.3, -0.25) is 0 Å². The maximum absolute atomic E-state index is 11.9. The molecule has 112 valence electrons. The number of aromatic nitrogens is 2. The average Bonchev–Trinajstić information content (AvgIpc) is 2.85. The monoisotopic (exact) mass is 307 g/mol. The van der Waals surface area contributed by atoms with Crippen molar-refractivity contribution < 1.29 is 9.53 Å². The summed E-state index contributed by atoms with van der Waals surface area (Å²) in [5.74, 6) is 0.985. The molecule has 1 unspecified atom stereocenters. The smallest absolute Gasteiger partial charge is 0.358 e. The van der Waals surface area contributed by atoms with Crippen molar-refractivity contribution in [3.8, 4) is 0 Å². The van der Waals surface area contributed by atoms with E-state index in [4.69, 9.17) is 16.3 Å². The minimum Gasteiger partial charge on any atom is -0.464 e. The molecule has 1 aliphatic heterocycles. The van der Waals surface area contributed by atoms with Crippen LogP contribution in [0.5, 0.6) is 0 Å². The summed E-state index contributed by atoms with van der Waals surface area (Å²) in [7, 11) is 1.37. The highest BCUT2D eigenvalue weighted by Gasteiger charge is 2.21. The van der Waals surface area contributed by atoms with Gasteiger partial charge in [0.2, 0.25) is 0 Å². The van der Waals surface area contributed by atoms with Gasteiger partial charge in [-0.25, -0.2) is 9.78 Å². The average molecular weight is 308 g/mol. The van der Waals surface area contributed by atoms with Crippen molar-refractivity contribution in [2.45, 2.75) is 19.3 Å². The Morgan fingerprint density at radius 1 is 1.57 bits per heavy atom. The van der Waals surface area contributed by atoms with Gasteiger partial charge in [-0.1, -0.05) is 11.6 Å². The van der Waals surface area contributed by atoms with E-state index in [9.17, 15) is 4.79 Å². The van der Waals surface area contributed by atoms with Gasteiger partial charge in [0.25, 0.3) is 0 Å². The topological polar surface area (TPSA) is 55.6 Å². The molecule has 1 atom stereocenters. The van der Waals surface area contributed by atoms with E-state index in [2.05, 4.69) is 10.3 Å². The third-order valence-corrected chi connectivity index (χ3v) is 4.15. The minimum absolute atomic E-state index is 0.355. The van der Waals surface area contributed by atoms with Crippen molar-refractivity contribution in [2.24, 2.45) is 5.92 Å². The Hall–Kier alpha value is -1.59. The standard InChI is InChI=1S/C15H18ClN3O2/c1-21-15(20)14-12-5-4-11(16)9-19(12)13(18-14)7-10-3-2-6-17-8-10/h4-5,9-10,17H,2-3,6-8H2,1H3. The van der Waals surface area contributed by atoms with E-state index in [1.165, 1.54) is 20.0 Å². The molecule has 0 aromatic carbocycles. The fraction of sp³-hybridized carbons (Fsp3) is 0.467. The quantitative estimate of drug-likeness (QED) is 0.884. The van der Waals surface area contributed by atoms with E-state index in [1.54, 1.807) is 6.07 Å². The number of hydrogen-bond donors (Lipinski definition) is 1. The highest BCUT2D eigenvalue weighted by atomic mass is 35.5. The highest BCUT2D eigenvalue weighted by molar-refractivity contribution is 6.30. The summed E-state index contributed by atoms with van der Waals surface area (Å²) >= 11 is 6.08. The molecule has 5 nitrogen and oxygen atoms in total. The van der Waals surface area contributed by atoms with Gasteiger partial charge in [0, 0.05) is 12.6 Å². The van der Waals surface area contributed by atoms with Gasteiger partial charge in [0.15, 0.2) is 5.69 Å². The van der Waals surface area contributed by atoms with Crippen LogP contribution in [0, 0.1) is 5.92 Å². The Balaban J connectivity index is 2.00. The van der Waals surface area contributed by atoms with Crippen LogP contribution < -0.4 is 5.32 Å². The van der Waals surface area contributed by atoms with Crippen molar-refractivity contribution in [1.82, 2.24) is 14.7 Å². The summed E-state index contributed by atoms with van der Waals surface area (Å²) in [6.45, 7) is 2.07. The first-order valence-corrected chi connectivity index (χ1v) is 7.52. The number of fused-ring (bicyclic) bond motifs is 1. The number of esters is 1. The highest BCUT2D eigenvalue weighted by Crippen LogP contribution is 2.22. The second-order valence-corrected chi connectivity index (χ2v) is 5.82. The lowest BCUT2D eigenvalue weighted by Gasteiger charge is -2.22. The Labute approximate surface area is 128 Å². The fourth-order valence-corrected chi connectivity index (χ4v) is 3.03. The predicted molar refractivity (Wildman–Crippen MR) is 80.8 cm³/mol.